The molecule has 33 heavy (non-hydrogen) atoms. The summed E-state index contributed by atoms with van der Waals surface area (Å²) in [6.07, 6.45) is 0. The van der Waals surface area contributed by atoms with Crippen molar-refractivity contribution < 1.29 is 25.2 Å². The molecule has 0 fully saturated rings. The summed E-state index contributed by atoms with van der Waals surface area (Å²) in [7, 11) is 0. The lowest BCUT2D eigenvalue weighted by Gasteiger charge is -2.23. The summed E-state index contributed by atoms with van der Waals surface area (Å²) in [5.74, 6) is -0.0175. The van der Waals surface area contributed by atoms with Gasteiger partial charge in [0.25, 0.3) is 0 Å². The lowest BCUT2D eigenvalue weighted by molar-refractivity contribution is 0.0693. The van der Waals surface area contributed by atoms with E-state index in [1.54, 1.807) is 12.1 Å². The molecule has 0 saturated heterocycles. The van der Waals surface area contributed by atoms with Crippen molar-refractivity contribution in [1.29, 1.82) is 0 Å². The first-order valence-electron chi connectivity index (χ1n) is 11.1. The van der Waals surface area contributed by atoms with Crippen LogP contribution in [0.5, 0.6) is 17.2 Å². The molecule has 0 aliphatic rings. The number of phenolic OH excluding ortho intramolecular Hbond substituents is 2. The molecule has 0 amide bonds. The standard InChI is InChI=1S/C21H28O.C7H6O4/c1-13(2)17-11-19(14(3)4)21(20(12-17)15(5)6)16-7-9-18(22)10-8-16;8-4-1-2-5(7(10)11)6(9)3-4/h7-15,22H,1-6H3;1-3,8-9H,(H,10,11). The average molecular weight is 451 g/mol. The maximum absolute atomic E-state index is 10.3. The molecule has 3 rings (SSSR count). The van der Waals surface area contributed by atoms with Crippen LogP contribution in [0.25, 0.3) is 11.1 Å². The number of aromatic hydroxyl groups is 3. The predicted octanol–water partition coefficient (Wildman–Crippen LogP) is 7.23. The van der Waals surface area contributed by atoms with Gasteiger partial charge in [-0.3, -0.25) is 0 Å². The lowest BCUT2D eigenvalue weighted by Crippen LogP contribution is -2.03. The van der Waals surface area contributed by atoms with Crippen LogP contribution in [0.1, 0.15) is 86.3 Å². The monoisotopic (exact) mass is 450 g/mol. The Kier molecular flexibility index (Phi) is 8.52. The number of benzene rings is 3. The normalized spacial score (nSPS) is 10.9. The van der Waals surface area contributed by atoms with E-state index in [1.165, 1.54) is 33.9 Å². The highest BCUT2D eigenvalue weighted by Gasteiger charge is 2.18. The van der Waals surface area contributed by atoms with Crippen molar-refractivity contribution in [3.05, 3.63) is 76.9 Å². The van der Waals surface area contributed by atoms with Crippen molar-refractivity contribution in [3.8, 4) is 28.4 Å². The van der Waals surface area contributed by atoms with Gasteiger partial charge in [-0.2, -0.15) is 0 Å². The van der Waals surface area contributed by atoms with Crippen LogP contribution in [-0.2, 0) is 0 Å². The molecule has 0 aliphatic heterocycles. The van der Waals surface area contributed by atoms with Gasteiger partial charge in [0.05, 0.1) is 0 Å². The molecule has 5 nitrogen and oxygen atoms in total. The fourth-order valence-electron chi connectivity index (χ4n) is 3.62. The van der Waals surface area contributed by atoms with Gasteiger partial charge in [0.1, 0.15) is 22.8 Å². The molecule has 3 aromatic carbocycles. The van der Waals surface area contributed by atoms with E-state index in [1.807, 2.05) is 12.1 Å². The van der Waals surface area contributed by atoms with Gasteiger partial charge in [-0.1, -0.05) is 65.8 Å². The van der Waals surface area contributed by atoms with Crippen molar-refractivity contribution in [2.45, 2.75) is 59.3 Å². The van der Waals surface area contributed by atoms with Gasteiger partial charge in [-0.25, -0.2) is 4.79 Å². The fourth-order valence-corrected chi connectivity index (χ4v) is 3.62. The molecule has 0 unspecified atom stereocenters. The molecule has 3 aromatic rings. The largest absolute Gasteiger partial charge is 0.508 e. The minimum Gasteiger partial charge on any atom is -0.508 e. The summed E-state index contributed by atoms with van der Waals surface area (Å²) in [4.78, 5) is 10.3. The van der Waals surface area contributed by atoms with E-state index in [2.05, 4.69) is 53.7 Å². The van der Waals surface area contributed by atoms with Crippen LogP contribution in [0.3, 0.4) is 0 Å². The second-order valence-corrected chi connectivity index (χ2v) is 9.09. The van der Waals surface area contributed by atoms with Gasteiger partial charge < -0.3 is 20.4 Å². The first-order valence-corrected chi connectivity index (χ1v) is 11.1. The van der Waals surface area contributed by atoms with Crippen LogP contribution >= 0.6 is 0 Å². The number of carbonyl (C=O) groups is 1. The second-order valence-electron chi connectivity index (χ2n) is 9.09. The Morgan fingerprint density at radius 1 is 0.667 bits per heavy atom. The molecule has 176 valence electrons. The molecular weight excluding hydrogens is 416 g/mol. The van der Waals surface area contributed by atoms with Crippen molar-refractivity contribution in [2.24, 2.45) is 0 Å². The quantitative estimate of drug-likeness (QED) is 0.329. The summed E-state index contributed by atoms with van der Waals surface area (Å²) < 4.78 is 0. The van der Waals surface area contributed by atoms with E-state index in [9.17, 15) is 9.90 Å². The van der Waals surface area contributed by atoms with Crippen molar-refractivity contribution >= 4 is 5.97 Å². The molecule has 4 N–H and O–H groups in total. The first-order chi connectivity index (χ1) is 15.4. The Labute approximate surface area is 196 Å². The molecule has 5 heteroatoms. The summed E-state index contributed by atoms with van der Waals surface area (Å²) in [5.41, 5.74) is 6.54. The van der Waals surface area contributed by atoms with E-state index in [-0.39, 0.29) is 11.3 Å². The molecule has 0 radical (unpaired) electrons. The lowest BCUT2D eigenvalue weighted by atomic mass is 9.82. The zero-order chi connectivity index (χ0) is 24.9. The number of carboxylic acids is 1. The van der Waals surface area contributed by atoms with Crippen LogP contribution in [0, 0.1) is 0 Å². The van der Waals surface area contributed by atoms with Crippen LogP contribution in [0.2, 0.25) is 0 Å². The van der Waals surface area contributed by atoms with Crippen LogP contribution < -0.4 is 0 Å². The minimum absolute atomic E-state index is 0.160. The van der Waals surface area contributed by atoms with E-state index < -0.39 is 11.7 Å². The maximum Gasteiger partial charge on any atom is 0.339 e. The van der Waals surface area contributed by atoms with Crippen LogP contribution in [0.4, 0.5) is 0 Å². The highest BCUT2D eigenvalue weighted by atomic mass is 16.4. The Hall–Kier alpha value is -3.47. The fraction of sp³-hybridized carbons (Fsp3) is 0.321. The third-order valence-corrected chi connectivity index (χ3v) is 5.50. The van der Waals surface area contributed by atoms with Crippen molar-refractivity contribution in [3.63, 3.8) is 0 Å². The summed E-state index contributed by atoms with van der Waals surface area (Å²) >= 11 is 0. The Morgan fingerprint density at radius 3 is 1.55 bits per heavy atom. The third-order valence-electron chi connectivity index (χ3n) is 5.50. The average Bonchev–Trinajstić information content (AvgIpc) is 2.73. The number of carboxylic acid groups (broad SMARTS) is 1. The maximum atomic E-state index is 10.3. The SMILES string of the molecule is CC(C)c1cc(C(C)C)c(-c2ccc(O)cc2)c(C(C)C)c1.O=C(O)c1ccc(O)cc1O. The third kappa shape index (κ3) is 6.51. The van der Waals surface area contributed by atoms with Gasteiger partial charge in [0.2, 0.25) is 0 Å². The highest BCUT2D eigenvalue weighted by Crippen LogP contribution is 2.39. The van der Waals surface area contributed by atoms with E-state index in [0.29, 0.717) is 23.5 Å². The molecule has 0 aromatic heterocycles. The molecule has 0 heterocycles. The van der Waals surface area contributed by atoms with Gasteiger partial charge in [-0.15, -0.1) is 0 Å². The number of aromatic carboxylic acids is 1. The molecule has 0 atom stereocenters. The Morgan fingerprint density at radius 2 is 1.15 bits per heavy atom. The summed E-state index contributed by atoms with van der Waals surface area (Å²) in [6, 6.07) is 15.6. The molecule has 0 bridgehead atoms. The number of hydrogen-bond acceptors (Lipinski definition) is 4. The van der Waals surface area contributed by atoms with Crippen LogP contribution in [0.15, 0.2) is 54.6 Å². The smallest absolute Gasteiger partial charge is 0.339 e. The van der Waals surface area contributed by atoms with E-state index in [4.69, 9.17) is 15.3 Å². The van der Waals surface area contributed by atoms with Crippen molar-refractivity contribution in [1.82, 2.24) is 0 Å². The number of hydrogen-bond donors (Lipinski definition) is 4. The predicted molar refractivity (Wildman–Crippen MR) is 133 cm³/mol. The summed E-state index contributed by atoms with van der Waals surface area (Å²) in [6.45, 7) is 13.5. The number of phenols is 3. The summed E-state index contributed by atoms with van der Waals surface area (Å²) in [5, 5.41) is 35.7. The Balaban J connectivity index is 0.000000294. The first kappa shape index (κ1) is 25.8. The number of rotatable bonds is 5. The van der Waals surface area contributed by atoms with E-state index >= 15 is 0 Å². The Bertz CT molecular complexity index is 1070. The topological polar surface area (TPSA) is 98.0 Å². The zero-order valence-corrected chi connectivity index (χ0v) is 20.1. The van der Waals surface area contributed by atoms with Gasteiger partial charge in [-0.05, 0) is 69.8 Å². The second kappa shape index (κ2) is 10.9. The highest BCUT2D eigenvalue weighted by molar-refractivity contribution is 5.90. The zero-order valence-electron chi connectivity index (χ0n) is 20.1. The molecule has 0 spiro atoms. The minimum atomic E-state index is -1.22. The molecular formula is C28H34O5. The van der Waals surface area contributed by atoms with Crippen LogP contribution in [-0.4, -0.2) is 26.4 Å². The van der Waals surface area contributed by atoms with Gasteiger partial charge >= 0.3 is 5.97 Å². The molecule has 0 aliphatic carbocycles. The van der Waals surface area contributed by atoms with Gasteiger partial charge in [0.15, 0.2) is 0 Å². The van der Waals surface area contributed by atoms with Gasteiger partial charge in [0, 0.05) is 6.07 Å². The molecule has 0 saturated carbocycles. The van der Waals surface area contributed by atoms with E-state index in [0.717, 1.165) is 12.1 Å². The van der Waals surface area contributed by atoms with Crippen molar-refractivity contribution in [2.75, 3.05) is 0 Å².